The van der Waals surface area contributed by atoms with Crippen LogP contribution in [-0.2, 0) is 12.8 Å². The van der Waals surface area contributed by atoms with Crippen molar-refractivity contribution in [3.05, 3.63) is 64.9 Å². The third-order valence-electron chi connectivity index (χ3n) is 7.15. The summed E-state index contributed by atoms with van der Waals surface area (Å²) in [5.74, 6) is 2.18. The second-order valence-electron chi connectivity index (χ2n) is 9.31. The van der Waals surface area contributed by atoms with E-state index in [0.717, 1.165) is 65.8 Å². The summed E-state index contributed by atoms with van der Waals surface area (Å²) in [7, 11) is 1.73. The van der Waals surface area contributed by atoms with Gasteiger partial charge in [-0.1, -0.05) is 29.4 Å². The molecule has 35 heavy (non-hydrogen) atoms. The molecule has 2 aliphatic rings. The van der Waals surface area contributed by atoms with E-state index >= 15 is 0 Å². The summed E-state index contributed by atoms with van der Waals surface area (Å²) in [6, 6.07) is 12.3. The van der Waals surface area contributed by atoms with Crippen LogP contribution in [0.25, 0.3) is 11.2 Å². The van der Waals surface area contributed by atoms with Crippen LogP contribution in [0.1, 0.15) is 24.0 Å². The molecule has 9 heteroatoms. The number of rotatable bonds is 4. The number of methoxy groups -OCH3 is 1. The van der Waals surface area contributed by atoms with Gasteiger partial charge in [0, 0.05) is 24.2 Å². The van der Waals surface area contributed by atoms with Gasteiger partial charge in [-0.05, 0) is 72.6 Å². The summed E-state index contributed by atoms with van der Waals surface area (Å²) in [6.07, 6.45) is 8.06. The summed E-state index contributed by atoms with van der Waals surface area (Å²) in [5, 5.41) is 1.22. The second-order valence-corrected chi connectivity index (χ2v) is 10.7. The Morgan fingerprint density at radius 3 is 2.69 bits per heavy atom. The number of pyridine rings is 2. The standard InChI is InChI=1S/C26H25ClN6OS/c1-34-18-3-2-16-13-26(14-17(16)12-18)7-10-33(11-8-26)21-15-30-25-19(31-21)4-5-22(32-25)35-20-6-9-29-24(28)23(20)27/h2-6,9,12,15H,7-8,10-11,13-14H2,1H3,(H2,28,29). The summed E-state index contributed by atoms with van der Waals surface area (Å²) in [6.45, 7) is 1.96. The van der Waals surface area contributed by atoms with Gasteiger partial charge in [0.05, 0.1) is 18.3 Å². The quantitative estimate of drug-likeness (QED) is 0.405. The van der Waals surface area contributed by atoms with Crippen LogP contribution in [0.4, 0.5) is 11.6 Å². The lowest BCUT2D eigenvalue weighted by Gasteiger charge is -2.39. The number of halogens is 1. The van der Waals surface area contributed by atoms with Crippen molar-refractivity contribution in [2.75, 3.05) is 30.8 Å². The van der Waals surface area contributed by atoms with Gasteiger partial charge in [0.2, 0.25) is 0 Å². The Labute approximate surface area is 213 Å². The number of hydrogen-bond donors (Lipinski definition) is 1. The van der Waals surface area contributed by atoms with Crippen molar-refractivity contribution in [3.8, 4) is 5.75 Å². The molecule has 1 aliphatic carbocycles. The zero-order chi connectivity index (χ0) is 24.0. The fourth-order valence-electron chi connectivity index (χ4n) is 5.22. The van der Waals surface area contributed by atoms with E-state index in [0.29, 0.717) is 21.9 Å². The zero-order valence-electron chi connectivity index (χ0n) is 19.4. The van der Waals surface area contributed by atoms with Crippen LogP contribution in [0, 0.1) is 5.41 Å². The number of piperidine rings is 1. The number of nitrogens with two attached hydrogens (primary N) is 1. The van der Waals surface area contributed by atoms with Gasteiger partial charge < -0.3 is 15.4 Å². The maximum Gasteiger partial charge on any atom is 0.179 e. The average molecular weight is 505 g/mol. The van der Waals surface area contributed by atoms with Gasteiger partial charge in [-0.25, -0.2) is 19.9 Å². The third kappa shape index (κ3) is 4.25. The minimum Gasteiger partial charge on any atom is -0.497 e. The minimum atomic E-state index is 0.311. The van der Waals surface area contributed by atoms with Gasteiger partial charge in [0.25, 0.3) is 0 Å². The summed E-state index contributed by atoms with van der Waals surface area (Å²) >= 11 is 7.71. The van der Waals surface area contributed by atoms with Crippen LogP contribution in [0.15, 0.2) is 58.7 Å². The van der Waals surface area contributed by atoms with E-state index in [1.807, 2.05) is 24.4 Å². The Balaban J connectivity index is 1.15. The van der Waals surface area contributed by atoms with Crippen molar-refractivity contribution in [1.29, 1.82) is 0 Å². The molecule has 1 fully saturated rings. The summed E-state index contributed by atoms with van der Waals surface area (Å²) in [5.41, 5.74) is 10.5. The largest absolute Gasteiger partial charge is 0.497 e. The van der Waals surface area contributed by atoms with Gasteiger partial charge in [-0.3, -0.25) is 0 Å². The molecule has 0 saturated carbocycles. The van der Waals surface area contributed by atoms with Crippen molar-refractivity contribution >= 4 is 46.2 Å². The molecule has 4 heterocycles. The SMILES string of the molecule is COc1ccc2c(c1)CC1(CCN(c3cnc4nc(Sc5ccnc(N)c5Cl)ccc4n3)CC1)C2. The van der Waals surface area contributed by atoms with E-state index in [1.54, 1.807) is 13.3 Å². The molecular formula is C26H25ClN6OS. The molecule has 0 atom stereocenters. The number of nitrogen functional groups attached to an aromatic ring is 1. The van der Waals surface area contributed by atoms with E-state index in [9.17, 15) is 0 Å². The van der Waals surface area contributed by atoms with Crippen LogP contribution in [0.3, 0.4) is 0 Å². The highest BCUT2D eigenvalue weighted by molar-refractivity contribution is 7.99. The Hall–Kier alpha value is -3.10. The zero-order valence-corrected chi connectivity index (χ0v) is 20.9. The first-order valence-corrected chi connectivity index (χ1v) is 12.8. The maximum absolute atomic E-state index is 6.28. The number of benzene rings is 1. The molecule has 6 rings (SSSR count). The molecule has 4 aromatic rings. The Morgan fingerprint density at radius 1 is 1.03 bits per heavy atom. The van der Waals surface area contributed by atoms with Crippen molar-refractivity contribution in [1.82, 2.24) is 19.9 Å². The lowest BCUT2D eigenvalue weighted by Crippen LogP contribution is -2.41. The van der Waals surface area contributed by atoms with Gasteiger partial charge in [-0.15, -0.1) is 0 Å². The van der Waals surface area contributed by atoms with E-state index in [1.165, 1.54) is 22.9 Å². The molecule has 0 amide bonds. The number of anilines is 2. The molecule has 1 aliphatic heterocycles. The van der Waals surface area contributed by atoms with Crippen LogP contribution < -0.4 is 15.4 Å². The van der Waals surface area contributed by atoms with Gasteiger partial charge in [0.15, 0.2) is 5.65 Å². The topological polar surface area (TPSA) is 90.0 Å². The summed E-state index contributed by atoms with van der Waals surface area (Å²) < 4.78 is 5.43. The minimum absolute atomic E-state index is 0.311. The fourth-order valence-corrected chi connectivity index (χ4v) is 6.26. The lowest BCUT2D eigenvalue weighted by molar-refractivity contribution is 0.232. The van der Waals surface area contributed by atoms with E-state index in [-0.39, 0.29) is 0 Å². The van der Waals surface area contributed by atoms with Crippen molar-refractivity contribution in [2.45, 2.75) is 35.6 Å². The van der Waals surface area contributed by atoms with Crippen molar-refractivity contribution in [2.24, 2.45) is 5.41 Å². The molecule has 0 unspecified atom stereocenters. The first-order valence-electron chi connectivity index (χ1n) is 11.6. The molecule has 0 radical (unpaired) electrons. The molecular weight excluding hydrogens is 480 g/mol. The Bertz CT molecular complexity index is 1420. The monoisotopic (exact) mass is 504 g/mol. The highest BCUT2D eigenvalue weighted by atomic mass is 35.5. The summed E-state index contributed by atoms with van der Waals surface area (Å²) in [4.78, 5) is 21.3. The normalized spacial score (nSPS) is 16.6. The average Bonchev–Trinajstić information content (AvgIpc) is 3.23. The molecule has 7 nitrogen and oxygen atoms in total. The van der Waals surface area contributed by atoms with E-state index < -0.39 is 0 Å². The van der Waals surface area contributed by atoms with Crippen molar-refractivity contribution < 1.29 is 4.74 Å². The Kier molecular flexibility index (Phi) is 5.65. The molecule has 1 saturated heterocycles. The number of aromatic nitrogens is 4. The third-order valence-corrected chi connectivity index (χ3v) is 8.66. The highest BCUT2D eigenvalue weighted by Crippen LogP contribution is 2.46. The first kappa shape index (κ1) is 22.4. The lowest BCUT2D eigenvalue weighted by atomic mass is 9.76. The van der Waals surface area contributed by atoms with Gasteiger partial charge in [-0.2, -0.15) is 0 Å². The fraction of sp³-hybridized carbons (Fsp3) is 0.308. The smallest absolute Gasteiger partial charge is 0.179 e. The molecule has 3 aromatic heterocycles. The van der Waals surface area contributed by atoms with E-state index in [2.05, 4.69) is 38.1 Å². The Morgan fingerprint density at radius 2 is 1.86 bits per heavy atom. The number of fused-ring (bicyclic) bond motifs is 2. The predicted octanol–water partition coefficient (Wildman–Crippen LogP) is 5.20. The van der Waals surface area contributed by atoms with Crippen molar-refractivity contribution in [3.63, 3.8) is 0 Å². The molecule has 1 aromatic carbocycles. The van der Waals surface area contributed by atoms with Crippen LogP contribution in [-0.4, -0.2) is 40.1 Å². The van der Waals surface area contributed by atoms with Crippen LogP contribution >= 0.6 is 23.4 Å². The molecule has 178 valence electrons. The highest BCUT2D eigenvalue weighted by Gasteiger charge is 2.40. The number of nitrogens with zero attached hydrogens (tertiary/aromatic N) is 5. The maximum atomic E-state index is 6.28. The van der Waals surface area contributed by atoms with Gasteiger partial charge >= 0.3 is 0 Å². The molecule has 2 N–H and O–H groups in total. The van der Waals surface area contributed by atoms with Gasteiger partial charge in [0.1, 0.15) is 27.9 Å². The second kappa shape index (κ2) is 8.84. The van der Waals surface area contributed by atoms with E-state index in [4.69, 9.17) is 27.1 Å². The number of ether oxygens (including phenoxy) is 1. The predicted molar refractivity (Wildman–Crippen MR) is 139 cm³/mol. The molecule has 0 bridgehead atoms. The first-order chi connectivity index (χ1) is 17.0. The van der Waals surface area contributed by atoms with Crippen LogP contribution in [0.5, 0.6) is 5.75 Å². The molecule has 1 spiro atoms. The van der Waals surface area contributed by atoms with Crippen LogP contribution in [0.2, 0.25) is 5.02 Å². The number of hydrogen-bond acceptors (Lipinski definition) is 8.